The molecule has 0 aromatic heterocycles. The normalized spacial score (nSPS) is 34.8. The van der Waals surface area contributed by atoms with Gasteiger partial charge in [-0.1, -0.05) is 55.5 Å². The summed E-state index contributed by atoms with van der Waals surface area (Å²) in [5.41, 5.74) is 1.16. The van der Waals surface area contributed by atoms with Crippen LogP contribution in [-0.4, -0.2) is 0 Å². The van der Waals surface area contributed by atoms with Gasteiger partial charge in [-0.2, -0.15) is 0 Å². The first-order valence-corrected chi connectivity index (χ1v) is 13.6. The second-order valence-electron chi connectivity index (χ2n) is 10.9. The average Bonchev–Trinajstić information content (AvgIpc) is 2.81. The van der Waals surface area contributed by atoms with Crippen LogP contribution in [0, 0.1) is 35.4 Å². The SMILES string of the molecule is CC=CC1CCC(CCC2CCC(C3CCC(c4ccc(Cl)c(F)c4)CC3)CC2)CC1. The Morgan fingerprint density at radius 2 is 1.35 bits per heavy atom. The van der Waals surface area contributed by atoms with Gasteiger partial charge in [-0.3, -0.25) is 0 Å². The fourth-order valence-corrected chi connectivity index (χ4v) is 7.17. The van der Waals surface area contributed by atoms with Gasteiger partial charge in [-0.15, -0.1) is 0 Å². The van der Waals surface area contributed by atoms with Gasteiger partial charge < -0.3 is 0 Å². The smallest absolute Gasteiger partial charge is 0.142 e. The molecule has 0 radical (unpaired) electrons. The summed E-state index contributed by atoms with van der Waals surface area (Å²) < 4.78 is 13.8. The maximum Gasteiger partial charge on any atom is 0.142 e. The Hall–Kier alpha value is -0.820. The summed E-state index contributed by atoms with van der Waals surface area (Å²) in [4.78, 5) is 0. The van der Waals surface area contributed by atoms with Gasteiger partial charge in [-0.05, 0) is 124 Å². The summed E-state index contributed by atoms with van der Waals surface area (Å²) in [6.45, 7) is 2.16. The number of halogens is 2. The molecular formula is C29H42ClF. The molecule has 0 aliphatic heterocycles. The van der Waals surface area contributed by atoms with Gasteiger partial charge in [0.25, 0.3) is 0 Å². The lowest BCUT2D eigenvalue weighted by Crippen LogP contribution is -2.25. The highest BCUT2D eigenvalue weighted by Gasteiger charge is 2.31. The van der Waals surface area contributed by atoms with E-state index in [1.165, 1.54) is 89.9 Å². The van der Waals surface area contributed by atoms with Crippen LogP contribution in [0.3, 0.4) is 0 Å². The minimum atomic E-state index is -0.259. The summed E-state index contributed by atoms with van der Waals surface area (Å²) in [6.07, 6.45) is 24.4. The van der Waals surface area contributed by atoms with Gasteiger partial charge in [0.05, 0.1) is 5.02 Å². The van der Waals surface area contributed by atoms with E-state index in [1.807, 2.05) is 6.07 Å². The first kappa shape index (κ1) is 23.3. The van der Waals surface area contributed by atoms with Crippen LogP contribution < -0.4 is 0 Å². The van der Waals surface area contributed by atoms with Crippen molar-refractivity contribution in [1.82, 2.24) is 0 Å². The van der Waals surface area contributed by atoms with Crippen molar-refractivity contribution in [2.45, 2.75) is 103 Å². The first-order valence-electron chi connectivity index (χ1n) is 13.2. The Morgan fingerprint density at radius 3 is 1.90 bits per heavy atom. The van der Waals surface area contributed by atoms with Crippen molar-refractivity contribution in [2.75, 3.05) is 0 Å². The van der Waals surface area contributed by atoms with Crippen LogP contribution in [0.15, 0.2) is 30.4 Å². The minimum Gasteiger partial charge on any atom is -0.205 e. The highest BCUT2D eigenvalue weighted by molar-refractivity contribution is 6.30. The maximum absolute atomic E-state index is 13.8. The average molecular weight is 445 g/mol. The Labute approximate surface area is 195 Å². The van der Waals surface area contributed by atoms with Crippen LogP contribution in [0.4, 0.5) is 4.39 Å². The van der Waals surface area contributed by atoms with E-state index in [0.717, 1.165) is 35.2 Å². The van der Waals surface area contributed by atoms with E-state index in [9.17, 15) is 4.39 Å². The molecule has 3 aliphatic carbocycles. The second kappa shape index (κ2) is 11.4. The lowest BCUT2D eigenvalue weighted by atomic mass is 9.67. The molecule has 0 amide bonds. The summed E-state index contributed by atoms with van der Waals surface area (Å²) in [7, 11) is 0. The van der Waals surface area contributed by atoms with Crippen LogP contribution in [0.1, 0.15) is 108 Å². The largest absolute Gasteiger partial charge is 0.205 e. The predicted octanol–water partition coefficient (Wildman–Crippen LogP) is 9.72. The lowest BCUT2D eigenvalue weighted by Gasteiger charge is -2.38. The summed E-state index contributed by atoms with van der Waals surface area (Å²) >= 11 is 5.86. The molecule has 0 unspecified atom stereocenters. The van der Waals surface area contributed by atoms with E-state index in [-0.39, 0.29) is 10.8 Å². The van der Waals surface area contributed by atoms with E-state index in [4.69, 9.17) is 11.6 Å². The zero-order chi connectivity index (χ0) is 21.6. The molecule has 3 fully saturated rings. The van der Waals surface area contributed by atoms with E-state index in [1.54, 1.807) is 12.1 Å². The molecule has 0 N–H and O–H groups in total. The van der Waals surface area contributed by atoms with Crippen molar-refractivity contribution in [3.05, 3.63) is 46.8 Å². The molecule has 0 nitrogen and oxygen atoms in total. The molecule has 1 aromatic carbocycles. The van der Waals surface area contributed by atoms with Gasteiger partial charge in [0.15, 0.2) is 0 Å². The van der Waals surface area contributed by atoms with Gasteiger partial charge >= 0.3 is 0 Å². The van der Waals surface area contributed by atoms with E-state index >= 15 is 0 Å². The van der Waals surface area contributed by atoms with Gasteiger partial charge in [-0.25, -0.2) is 4.39 Å². The van der Waals surface area contributed by atoms with Gasteiger partial charge in [0, 0.05) is 0 Å². The topological polar surface area (TPSA) is 0 Å². The highest BCUT2D eigenvalue weighted by Crippen LogP contribution is 2.45. The van der Waals surface area contributed by atoms with Crippen LogP contribution in [0.25, 0.3) is 0 Å². The van der Waals surface area contributed by atoms with E-state index in [0.29, 0.717) is 5.92 Å². The zero-order valence-corrected chi connectivity index (χ0v) is 20.3. The Morgan fingerprint density at radius 1 is 0.806 bits per heavy atom. The lowest BCUT2D eigenvalue weighted by molar-refractivity contribution is 0.151. The number of benzene rings is 1. The molecule has 0 saturated heterocycles. The van der Waals surface area contributed by atoms with Crippen molar-refractivity contribution in [1.29, 1.82) is 0 Å². The molecule has 0 atom stereocenters. The quantitative estimate of drug-likeness (QED) is 0.383. The van der Waals surface area contributed by atoms with Crippen LogP contribution in [0.2, 0.25) is 5.02 Å². The van der Waals surface area contributed by atoms with E-state index < -0.39 is 0 Å². The molecule has 3 saturated carbocycles. The molecule has 3 aliphatic rings. The molecule has 4 rings (SSSR count). The minimum absolute atomic E-state index is 0.246. The summed E-state index contributed by atoms with van der Waals surface area (Å²) in [6, 6.07) is 5.44. The molecule has 31 heavy (non-hydrogen) atoms. The molecule has 172 valence electrons. The third-order valence-corrected chi connectivity index (χ3v) is 9.39. The Kier molecular flexibility index (Phi) is 8.55. The Bertz CT molecular complexity index is 701. The fraction of sp³-hybridized carbons (Fsp3) is 0.724. The fourth-order valence-electron chi connectivity index (χ4n) is 7.05. The monoisotopic (exact) mass is 444 g/mol. The number of rotatable bonds is 6. The van der Waals surface area contributed by atoms with Crippen molar-refractivity contribution in [3.8, 4) is 0 Å². The van der Waals surface area contributed by atoms with E-state index in [2.05, 4.69) is 19.1 Å². The van der Waals surface area contributed by atoms with Crippen LogP contribution in [-0.2, 0) is 0 Å². The van der Waals surface area contributed by atoms with Crippen molar-refractivity contribution in [2.24, 2.45) is 29.6 Å². The Balaban J connectivity index is 1.14. The standard InChI is InChI=1S/C29H42ClF/c1-2-3-21-4-6-22(7-5-21)8-9-23-10-12-24(13-11-23)25-14-16-26(17-15-25)27-18-19-28(30)29(31)20-27/h2-3,18-26H,4-17H2,1H3. The zero-order valence-electron chi connectivity index (χ0n) is 19.5. The van der Waals surface area contributed by atoms with Gasteiger partial charge in [0.1, 0.15) is 5.82 Å². The maximum atomic E-state index is 13.8. The number of hydrogen-bond donors (Lipinski definition) is 0. The van der Waals surface area contributed by atoms with Gasteiger partial charge in [0.2, 0.25) is 0 Å². The molecular weight excluding hydrogens is 403 g/mol. The summed E-state index contributed by atoms with van der Waals surface area (Å²) in [5.74, 6) is 5.01. The van der Waals surface area contributed by atoms with Crippen LogP contribution in [0.5, 0.6) is 0 Å². The first-order chi connectivity index (χ1) is 15.1. The number of hydrogen-bond acceptors (Lipinski definition) is 0. The van der Waals surface area contributed by atoms with Crippen molar-refractivity contribution in [3.63, 3.8) is 0 Å². The molecule has 0 heterocycles. The third-order valence-electron chi connectivity index (χ3n) is 9.08. The molecule has 1 aromatic rings. The molecule has 2 heteroatoms. The third kappa shape index (κ3) is 6.37. The highest BCUT2D eigenvalue weighted by atomic mass is 35.5. The van der Waals surface area contributed by atoms with Crippen molar-refractivity contribution < 1.29 is 4.39 Å². The molecule has 0 spiro atoms. The van der Waals surface area contributed by atoms with Crippen LogP contribution >= 0.6 is 11.6 Å². The summed E-state index contributed by atoms with van der Waals surface area (Å²) in [5, 5.41) is 0.246. The number of allylic oxidation sites excluding steroid dienone is 2. The van der Waals surface area contributed by atoms with Crippen molar-refractivity contribution >= 4 is 11.6 Å². The predicted molar refractivity (Wildman–Crippen MR) is 131 cm³/mol. The molecule has 0 bridgehead atoms. The second-order valence-corrected chi connectivity index (χ2v) is 11.4.